The number of oxazole rings is 2. The molecular weight excluding hydrogens is 360 g/mol. The number of aromatic nitrogens is 2. The van der Waals surface area contributed by atoms with Crippen LogP contribution in [0.2, 0.25) is 0 Å². The summed E-state index contributed by atoms with van der Waals surface area (Å²) in [6.45, 7) is 9.55. The molecule has 2 heterocycles. The number of ether oxygens (including phenoxy) is 3. The lowest BCUT2D eigenvalue weighted by molar-refractivity contribution is 0.0512. The molecule has 0 spiro atoms. The van der Waals surface area contributed by atoms with Crippen molar-refractivity contribution < 1.29 is 37.7 Å². The van der Waals surface area contributed by atoms with Crippen LogP contribution >= 0.6 is 0 Å². The minimum Gasteiger partial charge on any atom is -0.476 e. The Morgan fingerprint density at radius 1 is 0.889 bits per heavy atom. The van der Waals surface area contributed by atoms with E-state index in [9.17, 15) is 9.59 Å². The third kappa shape index (κ3) is 7.00. The smallest absolute Gasteiger partial charge is 0.364 e. The highest BCUT2D eigenvalue weighted by Crippen LogP contribution is 2.20. The maximum Gasteiger partial charge on any atom is 0.364 e. The first-order valence-electron chi connectivity index (χ1n) is 7.94. The molecule has 0 aliphatic rings. The minimum absolute atomic E-state index is 0. The van der Waals surface area contributed by atoms with Crippen molar-refractivity contribution in [3.05, 3.63) is 23.2 Å². The molecule has 0 aliphatic heterocycles. The summed E-state index contributed by atoms with van der Waals surface area (Å²) in [6, 6.07) is 0. The Balaban J connectivity index is 0.000000488. The zero-order chi connectivity index (χ0) is 19.7. The van der Waals surface area contributed by atoms with E-state index in [4.69, 9.17) is 28.2 Å². The zero-order valence-corrected chi connectivity index (χ0v) is 15.3. The maximum absolute atomic E-state index is 11.3. The lowest BCUT2D eigenvalue weighted by Crippen LogP contribution is -2.07. The Kier molecular flexibility index (Phi) is 10.3. The first-order valence-corrected chi connectivity index (χ1v) is 7.94. The molecule has 152 valence electrons. The highest BCUT2D eigenvalue weighted by atomic mass is 16.6. The van der Waals surface area contributed by atoms with Crippen LogP contribution in [0.1, 0.15) is 61.0 Å². The number of carbonyl (C=O) groups is 2. The zero-order valence-electron chi connectivity index (χ0n) is 15.3. The van der Waals surface area contributed by atoms with Crippen molar-refractivity contribution in [2.45, 2.75) is 42.0 Å². The van der Waals surface area contributed by atoms with E-state index >= 15 is 0 Å². The van der Waals surface area contributed by atoms with Gasteiger partial charge in [0.25, 0.3) is 0 Å². The molecule has 27 heavy (non-hydrogen) atoms. The van der Waals surface area contributed by atoms with Gasteiger partial charge in [-0.25, -0.2) is 19.6 Å². The van der Waals surface area contributed by atoms with Crippen molar-refractivity contribution in [3.8, 4) is 11.9 Å². The molecule has 0 unspecified atom stereocenters. The molecule has 0 amide bonds. The molecule has 0 aliphatic carbocycles. The third-order valence-electron chi connectivity index (χ3n) is 2.63. The number of hydrogen-bond donors (Lipinski definition) is 1. The van der Waals surface area contributed by atoms with Gasteiger partial charge in [-0.3, -0.25) is 0 Å². The summed E-state index contributed by atoms with van der Waals surface area (Å²) in [4.78, 5) is 29.4. The molecule has 0 bridgehead atoms. The number of hydrogen-bond acceptors (Lipinski definition) is 9. The van der Waals surface area contributed by atoms with Crippen molar-refractivity contribution >= 4 is 11.9 Å². The van der Waals surface area contributed by atoms with E-state index < -0.39 is 11.9 Å². The molecule has 0 radical (unpaired) electrons. The Hall–Kier alpha value is -3.04. The molecule has 2 aromatic heterocycles. The number of carbonyl (C=O) groups excluding carboxylic acids is 1. The monoisotopic (exact) mass is 386 g/mol. The first-order chi connectivity index (χ1) is 12.3. The largest absolute Gasteiger partial charge is 0.476 e. The van der Waals surface area contributed by atoms with E-state index in [1.54, 1.807) is 34.6 Å². The summed E-state index contributed by atoms with van der Waals surface area (Å²) in [5, 5.41) is 8.60. The molecule has 10 nitrogen and oxygen atoms in total. The van der Waals surface area contributed by atoms with Crippen LogP contribution in [0, 0.1) is 13.8 Å². The van der Waals surface area contributed by atoms with E-state index in [1.165, 1.54) is 0 Å². The summed E-state index contributed by atoms with van der Waals surface area (Å²) in [7, 11) is 0. The van der Waals surface area contributed by atoms with Gasteiger partial charge in [0.05, 0.1) is 19.8 Å². The molecule has 0 saturated heterocycles. The van der Waals surface area contributed by atoms with Crippen molar-refractivity contribution in [1.82, 2.24) is 9.97 Å². The summed E-state index contributed by atoms with van der Waals surface area (Å²) < 4.78 is 24.8. The Morgan fingerprint density at radius 2 is 1.33 bits per heavy atom. The van der Waals surface area contributed by atoms with E-state index in [-0.39, 0.29) is 36.6 Å². The molecule has 0 fully saturated rings. The number of esters is 1. The van der Waals surface area contributed by atoms with Crippen LogP contribution in [0.15, 0.2) is 8.83 Å². The Morgan fingerprint density at radius 3 is 1.74 bits per heavy atom. The van der Waals surface area contributed by atoms with Gasteiger partial charge in [-0.05, 0) is 20.8 Å². The fraction of sp³-hybridized carbons (Fsp3) is 0.529. The predicted octanol–water partition coefficient (Wildman–Crippen LogP) is 3.27. The van der Waals surface area contributed by atoms with Gasteiger partial charge < -0.3 is 28.2 Å². The minimum atomic E-state index is -1.14. The predicted molar refractivity (Wildman–Crippen MR) is 94.5 cm³/mol. The fourth-order valence-electron chi connectivity index (χ4n) is 1.74. The molecule has 2 rings (SSSR count). The van der Waals surface area contributed by atoms with Crippen LogP contribution in [-0.4, -0.2) is 46.8 Å². The number of nitrogens with zero attached hydrogens (tertiary/aromatic N) is 2. The van der Waals surface area contributed by atoms with Crippen molar-refractivity contribution in [2.24, 2.45) is 0 Å². The summed E-state index contributed by atoms with van der Waals surface area (Å²) in [5.41, 5.74) is -0.0689. The molecule has 1 N–H and O–H groups in total. The SMILES string of the molecule is C.CCOC(=O)c1nc(C)oc1OCC.CCOc1oc(C)nc1C(=O)O. The molecule has 0 saturated carbocycles. The van der Waals surface area contributed by atoms with Crippen molar-refractivity contribution in [1.29, 1.82) is 0 Å². The van der Waals surface area contributed by atoms with Gasteiger partial charge in [-0.15, -0.1) is 0 Å². The normalized spacial score (nSPS) is 9.52. The maximum atomic E-state index is 11.3. The second-order valence-corrected chi connectivity index (χ2v) is 4.63. The van der Waals surface area contributed by atoms with E-state index in [0.717, 1.165) is 0 Å². The van der Waals surface area contributed by atoms with Crippen LogP contribution in [0.4, 0.5) is 0 Å². The number of carboxylic acids is 1. The Bertz CT molecular complexity index is 735. The van der Waals surface area contributed by atoms with Gasteiger partial charge in [0, 0.05) is 13.8 Å². The van der Waals surface area contributed by atoms with E-state index in [1.807, 2.05) is 0 Å². The van der Waals surface area contributed by atoms with Crippen LogP contribution in [-0.2, 0) is 4.74 Å². The molecule has 10 heteroatoms. The fourth-order valence-corrected chi connectivity index (χ4v) is 1.74. The van der Waals surface area contributed by atoms with Crippen LogP contribution < -0.4 is 9.47 Å². The summed E-state index contributed by atoms with van der Waals surface area (Å²) in [5.74, 6) is -0.888. The Labute approximate surface area is 157 Å². The second kappa shape index (κ2) is 11.6. The van der Waals surface area contributed by atoms with Crippen LogP contribution in [0.25, 0.3) is 0 Å². The van der Waals surface area contributed by atoms with Crippen LogP contribution in [0.5, 0.6) is 11.9 Å². The molecule has 0 atom stereocenters. The van der Waals surface area contributed by atoms with Gasteiger partial charge in [-0.2, -0.15) is 0 Å². The topological polar surface area (TPSA) is 134 Å². The van der Waals surface area contributed by atoms with Gasteiger partial charge in [0.1, 0.15) is 0 Å². The van der Waals surface area contributed by atoms with Crippen LogP contribution in [0.3, 0.4) is 0 Å². The van der Waals surface area contributed by atoms with Gasteiger partial charge in [0.2, 0.25) is 11.4 Å². The highest BCUT2D eigenvalue weighted by Gasteiger charge is 2.21. The lowest BCUT2D eigenvalue weighted by Gasteiger charge is -2.00. The van der Waals surface area contributed by atoms with Gasteiger partial charge in [-0.1, -0.05) is 7.43 Å². The number of aromatic carboxylic acids is 1. The third-order valence-corrected chi connectivity index (χ3v) is 2.63. The van der Waals surface area contributed by atoms with E-state index in [0.29, 0.717) is 25.7 Å². The van der Waals surface area contributed by atoms with Crippen molar-refractivity contribution in [2.75, 3.05) is 19.8 Å². The first kappa shape index (κ1) is 24.0. The summed E-state index contributed by atoms with van der Waals surface area (Å²) in [6.07, 6.45) is 0. The summed E-state index contributed by atoms with van der Waals surface area (Å²) >= 11 is 0. The van der Waals surface area contributed by atoms with Crippen molar-refractivity contribution in [3.63, 3.8) is 0 Å². The van der Waals surface area contributed by atoms with Gasteiger partial charge in [0.15, 0.2) is 11.8 Å². The second-order valence-electron chi connectivity index (χ2n) is 4.63. The molecule has 2 aromatic rings. The standard InChI is InChI=1S/C9H13NO4.C7H9NO4.CH4/c1-4-12-8(11)7-9(13-5-2)14-6(3)10-7;1-3-11-7-5(6(9)10)8-4(2)12-7;/h4-5H2,1-3H3;3H2,1-2H3,(H,9,10);1H4. The molecular formula is C17H26N2O8. The average molecular weight is 386 g/mol. The van der Waals surface area contributed by atoms with Gasteiger partial charge >= 0.3 is 23.8 Å². The molecule has 0 aromatic carbocycles. The number of carboxylic acid groups (broad SMARTS) is 1. The number of rotatable bonds is 7. The number of aryl methyl sites for hydroxylation is 2. The highest BCUT2D eigenvalue weighted by molar-refractivity contribution is 5.89. The average Bonchev–Trinajstić information content (AvgIpc) is 3.12. The van der Waals surface area contributed by atoms with E-state index in [2.05, 4.69) is 9.97 Å². The lowest BCUT2D eigenvalue weighted by atomic mass is 10.5. The quantitative estimate of drug-likeness (QED) is 0.706.